The third-order valence-corrected chi connectivity index (χ3v) is 5.66. The van der Waals surface area contributed by atoms with Crippen molar-refractivity contribution in [1.29, 1.82) is 0 Å². The van der Waals surface area contributed by atoms with Crippen molar-refractivity contribution < 1.29 is 14.3 Å². The molecule has 1 amide bonds. The lowest BCUT2D eigenvalue weighted by atomic mass is 10.1. The van der Waals surface area contributed by atoms with Crippen LogP contribution in [0.2, 0.25) is 0 Å². The molecule has 1 fully saturated rings. The Labute approximate surface area is 177 Å². The van der Waals surface area contributed by atoms with Crippen LogP contribution in [0, 0.1) is 0 Å². The molecule has 0 radical (unpaired) electrons. The Morgan fingerprint density at radius 1 is 1.10 bits per heavy atom. The molecule has 0 unspecified atom stereocenters. The quantitative estimate of drug-likeness (QED) is 0.550. The van der Waals surface area contributed by atoms with Crippen LogP contribution >= 0.6 is 0 Å². The minimum absolute atomic E-state index is 0.0960. The molecular weight excluding hydrogens is 376 g/mol. The van der Waals surface area contributed by atoms with Gasteiger partial charge in [-0.05, 0) is 48.4 Å². The number of fused-ring (bicyclic) bond motifs is 1. The van der Waals surface area contributed by atoms with E-state index in [4.69, 9.17) is 9.47 Å². The number of H-pyrrole nitrogens is 1. The number of rotatable bonds is 9. The van der Waals surface area contributed by atoms with Gasteiger partial charge in [0.25, 0.3) is 0 Å². The summed E-state index contributed by atoms with van der Waals surface area (Å²) in [4.78, 5) is 15.6. The smallest absolute Gasteiger partial charge is 0.220 e. The van der Waals surface area contributed by atoms with E-state index in [0.29, 0.717) is 25.7 Å². The van der Waals surface area contributed by atoms with E-state index < -0.39 is 0 Å². The molecule has 0 atom stereocenters. The van der Waals surface area contributed by atoms with Crippen molar-refractivity contribution in [3.05, 3.63) is 71.4 Å². The number of nitrogens with one attached hydrogen (secondary N) is 2. The molecule has 158 valence electrons. The average Bonchev–Trinajstić information content (AvgIpc) is 3.20. The molecule has 0 spiro atoms. The van der Waals surface area contributed by atoms with Crippen LogP contribution in [0.4, 0.5) is 0 Å². The molecule has 1 aliphatic rings. The maximum Gasteiger partial charge on any atom is 0.220 e. The molecule has 0 bridgehead atoms. The second-order valence-electron chi connectivity index (χ2n) is 7.93. The second-order valence-corrected chi connectivity index (χ2v) is 7.93. The molecule has 2 N–H and O–H groups in total. The molecule has 1 aromatic heterocycles. The highest BCUT2D eigenvalue weighted by Crippen LogP contribution is 2.19. The van der Waals surface area contributed by atoms with Crippen molar-refractivity contribution in [1.82, 2.24) is 10.3 Å². The molecule has 4 rings (SSSR count). The summed E-state index contributed by atoms with van der Waals surface area (Å²) in [6, 6.07) is 16.5. The van der Waals surface area contributed by atoms with Crippen LogP contribution in [0.1, 0.15) is 42.4 Å². The summed E-state index contributed by atoms with van der Waals surface area (Å²) in [5.41, 5.74) is 4.67. The van der Waals surface area contributed by atoms with Gasteiger partial charge in [-0.25, -0.2) is 0 Å². The SMILES string of the molecule is O=C(CCCc1c[nH]c2ccccc12)NCc1cccc(COC2CCOCC2)c1. The predicted molar refractivity (Wildman–Crippen MR) is 118 cm³/mol. The molecule has 5 heteroatoms. The first-order valence-corrected chi connectivity index (χ1v) is 10.9. The van der Waals surface area contributed by atoms with Crippen LogP contribution in [0.15, 0.2) is 54.7 Å². The molecular formula is C25H30N2O3. The summed E-state index contributed by atoms with van der Waals surface area (Å²) in [7, 11) is 0. The summed E-state index contributed by atoms with van der Waals surface area (Å²) in [5.74, 6) is 0.0960. The van der Waals surface area contributed by atoms with Gasteiger partial charge in [-0.3, -0.25) is 4.79 Å². The van der Waals surface area contributed by atoms with Crippen LogP contribution in [-0.4, -0.2) is 30.2 Å². The zero-order chi connectivity index (χ0) is 20.6. The number of hydrogen-bond acceptors (Lipinski definition) is 3. The normalized spacial score (nSPS) is 14.8. The van der Waals surface area contributed by atoms with Crippen molar-refractivity contribution in [3.63, 3.8) is 0 Å². The van der Waals surface area contributed by atoms with Crippen molar-refractivity contribution in [3.8, 4) is 0 Å². The molecule has 0 aliphatic carbocycles. The highest BCUT2D eigenvalue weighted by atomic mass is 16.5. The molecule has 1 saturated heterocycles. The summed E-state index contributed by atoms with van der Waals surface area (Å²) >= 11 is 0. The third-order valence-electron chi connectivity index (χ3n) is 5.66. The fourth-order valence-corrected chi connectivity index (χ4v) is 3.95. The molecule has 3 aromatic rings. The van der Waals surface area contributed by atoms with Gasteiger partial charge < -0.3 is 19.8 Å². The van der Waals surface area contributed by atoms with Gasteiger partial charge in [-0.1, -0.05) is 42.5 Å². The number of carbonyl (C=O) groups excluding carboxylic acids is 1. The predicted octanol–water partition coefficient (Wildman–Crippen LogP) is 4.50. The van der Waals surface area contributed by atoms with Gasteiger partial charge in [-0.15, -0.1) is 0 Å². The van der Waals surface area contributed by atoms with E-state index in [1.165, 1.54) is 10.9 Å². The van der Waals surface area contributed by atoms with E-state index in [1.807, 2.05) is 18.2 Å². The Hall–Kier alpha value is -2.63. The zero-order valence-electron chi connectivity index (χ0n) is 17.4. The van der Waals surface area contributed by atoms with E-state index in [1.54, 1.807) is 0 Å². The number of amides is 1. The van der Waals surface area contributed by atoms with Crippen molar-refractivity contribution in [2.75, 3.05) is 13.2 Å². The van der Waals surface area contributed by atoms with Gasteiger partial charge in [0.2, 0.25) is 5.91 Å². The number of benzene rings is 2. The second kappa shape index (κ2) is 10.4. The number of carbonyl (C=O) groups is 1. The Bertz CT molecular complexity index is 960. The highest BCUT2D eigenvalue weighted by molar-refractivity contribution is 5.83. The minimum Gasteiger partial charge on any atom is -0.381 e. The number of aromatic nitrogens is 1. The van der Waals surface area contributed by atoms with Gasteiger partial charge in [-0.2, -0.15) is 0 Å². The van der Waals surface area contributed by atoms with Gasteiger partial charge >= 0.3 is 0 Å². The van der Waals surface area contributed by atoms with Gasteiger partial charge in [0.1, 0.15) is 0 Å². The molecule has 5 nitrogen and oxygen atoms in total. The Balaban J connectivity index is 1.19. The number of para-hydroxylation sites is 1. The van der Waals surface area contributed by atoms with Gasteiger partial charge in [0, 0.05) is 43.3 Å². The highest BCUT2D eigenvalue weighted by Gasteiger charge is 2.14. The van der Waals surface area contributed by atoms with Crippen LogP contribution in [0.5, 0.6) is 0 Å². The number of aryl methyl sites for hydroxylation is 1. The van der Waals surface area contributed by atoms with Crippen LogP contribution in [-0.2, 0) is 33.8 Å². The Morgan fingerprint density at radius 3 is 2.83 bits per heavy atom. The van der Waals surface area contributed by atoms with Crippen molar-refractivity contribution in [2.45, 2.75) is 51.4 Å². The van der Waals surface area contributed by atoms with E-state index in [9.17, 15) is 4.79 Å². The topological polar surface area (TPSA) is 63.4 Å². The maximum atomic E-state index is 12.3. The minimum atomic E-state index is 0.0960. The first kappa shape index (κ1) is 20.6. The van der Waals surface area contributed by atoms with Crippen molar-refractivity contribution >= 4 is 16.8 Å². The van der Waals surface area contributed by atoms with Gasteiger partial charge in [0.15, 0.2) is 0 Å². The number of hydrogen-bond donors (Lipinski definition) is 2. The fourth-order valence-electron chi connectivity index (χ4n) is 3.95. The largest absolute Gasteiger partial charge is 0.381 e. The van der Waals surface area contributed by atoms with Crippen LogP contribution in [0.25, 0.3) is 10.9 Å². The number of ether oxygens (including phenoxy) is 2. The van der Waals surface area contributed by atoms with Crippen LogP contribution < -0.4 is 5.32 Å². The molecule has 30 heavy (non-hydrogen) atoms. The van der Waals surface area contributed by atoms with E-state index in [0.717, 1.165) is 55.5 Å². The average molecular weight is 407 g/mol. The summed E-state index contributed by atoms with van der Waals surface area (Å²) in [5, 5.41) is 4.29. The zero-order valence-corrected chi connectivity index (χ0v) is 17.4. The van der Waals surface area contributed by atoms with Gasteiger partial charge in [0.05, 0.1) is 12.7 Å². The Kier molecular flexibility index (Phi) is 7.16. The van der Waals surface area contributed by atoms with E-state index in [-0.39, 0.29) is 5.91 Å². The van der Waals surface area contributed by atoms with Crippen molar-refractivity contribution in [2.24, 2.45) is 0 Å². The molecule has 2 heterocycles. The summed E-state index contributed by atoms with van der Waals surface area (Å²) < 4.78 is 11.4. The lowest BCUT2D eigenvalue weighted by Gasteiger charge is -2.22. The maximum absolute atomic E-state index is 12.3. The monoisotopic (exact) mass is 406 g/mol. The summed E-state index contributed by atoms with van der Waals surface area (Å²) in [6.07, 6.45) is 6.55. The first-order valence-electron chi connectivity index (χ1n) is 10.9. The first-order chi connectivity index (χ1) is 14.8. The lowest BCUT2D eigenvalue weighted by molar-refractivity contribution is -0.121. The third kappa shape index (κ3) is 5.71. The standard InChI is InChI=1S/C25H30N2O3/c28-25(10-4-7-21-17-26-24-9-2-1-8-23(21)24)27-16-19-5-3-6-20(15-19)18-30-22-11-13-29-14-12-22/h1-3,5-6,8-9,15,17,22,26H,4,7,10-14,16,18H2,(H,27,28). The lowest BCUT2D eigenvalue weighted by Crippen LogP contribution is -2.23. The van der Waals surface area contributed by atoms with E-state index >= 15 is 0 Å². The van der Waals surface area contributed by atoms with Crippen LogP contribution in [0.3, 0.4) is 0 Å². The number of aromatic amines is 1. The molecule has 0 saturated carbocycles. The fraction of sp³-hybridized carbons (Fsp3) is 0.400. The Morgan fingerprint density at radius 2 is 1.93 bits per heavy atom. The summed E-state index contributed by atoms with van der Waals surface area (Å²) in [6.45, 7) is 2.74. The molecule has 1 aliphatic heterocycles. The van der Waals surface area contributed by atoms with E-state index in [2.05, 4.69) is 46.8 Å². The molecule has 2 aromatic carbocycles.